The molecule has 0 aliphatic heterocycles. The largest absolute Gasteiger partial charge is 0.397 e. The van der Waals surface area contributed by atoms with Gasteiger partial charge in [-0.3, -0.25) is 0 Å². The molecule has 1 aromatic carbocycles. The van der Waals surface area contributed by atoms with Crippen LogP contribution in [0.15, 0.2) is 30.3 Å². The van der Waals surface area contributed by atoms with E-state index in [1.165, 1.54) is 6.07 Å². The van der Waals surface area contributed by atoms with E-state index >= 15 is 0 Å². The highest BCUT2D eigenvalue weighted by Crippen LogP contribution is 2.21. The molecule has 17 heavy (non-hydrogen) atoms. The first kappa shape index (κ1) is 11.4. The lowest BCUT2D eigenvalue weighted by Gasteiger charge is -2.09. The van der Waals surface area contributed by atoms with Gasteiger partial charge in [0.05, 0.1) is 17.1 Å². The fourth-order valence-electron chi connectivity index (χ4n) is 1.51. The number of nitrogens with two attached hydrogens (primary N) is 1. The number of nitrogens with zero attached hydrogens (tertiary/aromatic N) is 1. The summed E-state index contributed by atoms with van der Waals surface area (Å²) in [5.74, 6) is 0.285. The minimum absolute atomic E-state index is 0.299. The summed E-state index contributed by atoms with van der Waals surface area (Å²) in [6.07, 6.45) is 0. The van der Waals surface area contributed by atoms with Crippen LogP contribution in [0.3, 0.4) is 0 Å². The number of halogens is 1. The van der Waals surface area contributed by atoms with Crippen LogP contribution in [0.25, 0.3) is 0 Å². The van der Waals surface area contributed by atoms with Gasteiger partial charge in [-0.25, -0.2) is 9.37 Å². The lowest BCUT2D eigenvalue weighted by atomic mass is 10.2. The molecule has 0 saturated heterocycles. The van der Waals surface area contributed by atoms with Gasteiger partial charge >= 0.3 is 0 Å². The Balaban J connectivity index is 2.31. The Bertz CT molecular complexity index is 552. The van der Waals surface area contributed by atoms with E-state index in [1.807, 2.05) is 13.8 Å². The molecule has 0 fully saturated rings. The number of nitrogens with one attached hydrogen (secondary N) is 1. The normalized spacial score (nSPS) is 10.3. The zero-order chi connectivity index (χ0) is 12.4. The summed E-state index contributed by atoms with van der Waals surface area (Å²) in [6, 6.07) is 8.37. The third kappa shape index (κ3) is 2.53. The molecule has 0 unspecified atom stereocenters. The van der Waals surface area contributed by atoms with Crippen LogP contribution in [0.1, 0.15) is 11.3 Å². The molecule has 1 heterocycles. The second-order valence-electron chi connectivity index (χ2n) is 3.98. The first-order valence-electron chi connectivity index (χ1n) is 5.32. The zero-order valence-corrected chi connectivity index (χ0v) is 9.79. The zero-order valence-electron chi connectivity index (χ0n) is 9.79. The molecule has 0 spiro atoms. The second kappa shape index (κ2) is 4.41. The average molecular weight is 231 g/mol. The maximum Gasteiger partial charge on any atom is 0.146 e. The number of rotatable bonds is 2. The van der Waals surface area contributed by atoms with E-state index in [2.05, 4.69) is 10.3 Å². The fraction of sp³-hybridized carbons (Fsp3) is 0.154. The van der Waals surface area contributed by atoms with E-state index in [-0.39, 0.29) is 5.82 Å². The summed E-state index contributed by atoms with van der Waals surface area (Å²) >= 11 is 0. The van der Waals surface area contributed by atoms with Crippen LogP contribution >= 0.6 is 0 Å². The summed E-state index contributed by atoms with van der Waals surface area (Å²) in [7, 11) is 0. The minimum atomic E-state index is -0.299. The molecule has 0 atom stereocenters. The lowest BCUT2D eigenvalue weighted by molar-refractivity contribution is 0.631. The average Bonchev–Trinajstić information content (AvgIpc) is 2.29. The van der Waals surface area contributed by atoms with Gasteiger partial charge in [-0.1, -0.05) is 6.07 Å². The molecule has 3 N–H and O–H groups in total. The van der Waals surface area contributed by atoms with Crippen molar-refractivity contribution in [3.63, 3.8) is 0 Å². The molecule has 4 heteroatoms. The Labute approximate surface area is 99.5 Å². The lowest BCUT2D eigenvalue weighted by Crippen LogP contribution is -2.00. The van der Waals surface area contributed by atoms with Gasteiger partial charge in [0.25, 0.3) is 0 Å². The molecule has 0 aliphatic carbocycles. The van der Waals surface area contributed by atoms with E-state index in [0.29, 0.717) is 17.2 Å². The number of aryl methyl sites for hydroxylation is 2. The first-order valence-corrected chi connectivity index (χ1v) is 5.32. The molecule has 0 saturated carbocycles. The monoisotopic (exact) mass is 231 g/mol. The van der Waals surface area contributed by atoms with Crippen LogP contribution in [0.4, 0.5) is 21.6 Å². The number of pyridine rings is 1. The summed E-state index contributed by atoms with van der Waals surface area (Å²) in [6.45, 7) is 3.72. The maximum atomic E-state index is 13.5. The van der Waals surface area contributed by atoms with Crippen molar-refractivity contribution in [3.8, 4) is 0 Å². The minimum Gasteiger partial charge on any atom is -0.397 e. The van der Waals surface area contributed by atoms with Crippen LogP contribution < -0.4 is 11.1 Å². The van der Waals surface area contributed by atoms with Crippen molar-refractivity contribution in [2.45, 2.75) is 13.8 Å². The Morgan fingerprint density at radius 1 is 1.18 bits per heavy atom. The SMILES string of the molecule is Cc1ccc(F)c(Nc2ccc(N)c(C)n2)c1. The van der Waals surface area contributed by atoms with Crippen LogP contribution in [0, 0.1) is 19.7 Å². The van der Waals surface area contributed by atoms with Crippen molar-refractivity contribution in [3.05, 3.63) is 47.4 Å². The predicted octanol–water partition coefficient (Wildman–Crippen LogP) is 3.16. The maximum absolute atomic E-state index is 13.5. The van der Waals surface area contributed by atoms with Crippen LogP contribution in [-0.4, -0.2) is 4.98 Å². The number of benzene rings is 1. The second-order valence-corrected chi connectivity index (χ2v) is 3.98. The first-order chi connectivity index (χ1) is 8.06. The van der Waals surface area contributed by atoms with Gasteiger partial charge in [0.15, 0.2) is 0 Å². The topological polar surface area (TPSA) is 50.9 Å². The van der Waals surface area contributed by atoms with Gasteiger partial charge in [-0.2, -0.15) is 0 Å². The van der Waals surface area contributed by atoms with Crippen molar-refractivity contribution in [1.82, 2.24) is 4.98 Å². The van der Waals surface area contributed by atoms with Gasteiger partial charge in [0.1, 0.15) is 11.6 Å². The van der Waals surface area contributed by atoms with E-state index in [1.54, 1.807) is 24.3 Å². The molecule has 2 aromatic rings. The number of aromatic nitrogens is 1. The van der Waals surface area contributed by atoms with Crippen LogP contribution in [0.5, 0.6) is 0 Å². The summed E-state index contributed by atoms with van der Waals surface area (Å²) in [5, 5.41) is 2.94. The van der Waals surface area contributed by atoms with Crippen LogP contribution in [0.2, 0.25) is 0 Å². The highest BCUT2D eigenvalue weighted by Gasteiger charge is 2.04. The molecule has 88 valence electrons. The third-order valence-electron chi connectivity index (χ3n) is 2.51. The molecule has 0 bridgehead atoms. The Hall–Kier alpha value is -2.10. The molecular formula is C13H14FN3. The summed E-state index contributed by atoms with van der Waals surface area (Å²) in [4.78, 5) is 4.24. The fourth-order valence-corrected chi connectivity index (χ4v) is 1.51. The van der Waals surface area contributed by atoms with E-state index < -0.39 is 0 Å². The number of hydrogen-bond acceptors (Lipinski definition) is 3. The quantitative estimate of drug-likeness (QED) is 0.834. The predicted molar refractivity (Wildman–Crippen MR) is 67.8 cm³/mol. The highest BCUT2D eigenvalue weighted by atomic mass is 19.1. The Morgan fingerprint density at radius 3 is 2.65 bits per heavy atom. The van der Waals surface area contributed by atoms with Gasteiger partial charge < -0.3 is 11.1 Å². The van der Waals surface area contributed by atoms with Crippen molar-refractivity contribution in [1.29, 1.82) is 0 Å². The van der Waals surface area contributed by atoms with Gasteiger partial charge in [0, 0.05) is 0 Å². The molecule has 0 aliphatic rings. The van der Waals surface area contributed by atoms with E-state index in [0.717, 1.165) is 11.3 Å². The standard InChI is InChI=1S/C13H14FN3/c1-8-3-4-10(14)12(7-8)17-13-6-5-11(15)9(2)16-13/h3-7H,15H2,1-2H3,(H,16,17). The van der Waals surface area contributed by atoms with Crippen molar-refractivity contribution >= 4 is 17.2 Å². The smallest absolute Gasteiger partial charge is 0.146 e. The van der Waals surface area contributed by atoms with E-state index in [4.69, 9.17) is 5.73 Å². The van der Waals surface area contributed by atoms with E-state index in [9.17, 15) is 4.39 Å². The number of anilines is 3. The van der Waals surface area contributed by atoms with Gasteiger partial charge in [-0.05, 0) is 43.7 Å². The molecule has 3 nitrogen and oxygen atoms in total. The molecule has 0 radical (unpaired) electrons. The van der Waals surface area contributed by atoms with Crippen molar-refractivity contribution in [2.75, 3.05) is 11.1 Å². The van der Waals surface area contributed by atoms with Gasteiger partial charge in [0.2, 0.25) is 0 Å². The number of hydrogen-bond donors (Lipinski definition) is 2. The summed E-state index contributed by atoms with van der Waals surface area (Å²) < 4.78 is 13.5. The van der Waals surface area contributed by atoms with Crippen molar-refractivity contribution < 1.29 is 4.39 Å². The number of nitrogen functional groups attached to an aromatic ring is 1. The molecular weight excluding hydrogens is 217 g/mol. The summed E-state index contributed by atoms with van der Waals surface area (Å²) in [5.41, 5.74) is 8.43. The Kier molecular flexibility index (Phi) is 2.95. The molecule has 0 amide bonds. The van der Waals surface area contributed by atoms with Crippen molar-refractivity contribution in [2.24, 2.45) is 0 Å². The molecule has 1 aromatic heterocycles. The van der Waals surface area contributed by atoms with Gasteiger partial charge in [-0.15, -0.1) is 0 Å². The van der Waals surface area contributed by atoms with Crippen LogP contribution in [-0.2, 0) is 0 Å². The third-order valence-corrected chi connectivity index (χ3v) is 2.51. The highest BCUT2D eigenvalue weighted by molar-refractivity contribution is 5.60. The Morgan fingerprint density at radius 2 is 1.94 bits per heavy atom. The molecule has 2 rings (SSSR count).